The number of amides is 2. The van der Waals surface area contributed by atoms with Crippen molar-refractivity contribution in [3.8, 4) is 0 Å². The van der Waals surface area contributed by atoms with Gasteiger partial charge in [0.05, 0.1) is 6.10 Å². The van der Waals surface area contributed by atoms with Crippen molar-refractivity contribution in [1.29, 1.82) is 0 Å². The van der Waals surface area contributed by atoms with Gasteiger partial charge in [0, 0.05) is 31.7 Å². The summed E-state index contributed by atoms with van der Waals surface area (Å²) in [6.07, 6.45) is 8.61. The predicted molar refractivity (Wildman–Crippen MR) is 98.5 cm³/mol. The van der Waals surface area contributed by atoms with E-state index in [0.717, 1.165) is 13.0 Å². The van der Waals surface area contributed by atoms with Crippen LogP contribution in [0.25, 0.3) is 0 Å². The van der Waals surface area contributed by atoms with Crippen molar-refractivity contribution in [3.05, 3.63) is 35.9 Å². The van der Waals surface area contributed by atoms with Crippen LogP contribution in [-0.2, 0) is 9.53 Å². The van der Waals surface area contributed by atoms with E-state index in [1.807, 2.05) is 18.2 Å². The van der Waals surface area contributed by atoms with Crippen LogP contribution in [0.2, 0.25) is 0 Å². The highest BCUT2D eigenvalue weighted by Crippen LogP contribution is 2.20. The molecule has 0 radical (unpaired) electrons. The second-order valence-corrected chi connectivity index (χ2v) is 6.56. The van der Waals surface area contributed by atoms with Crippen molar-refractivity contribution < 1.29 is 14.3 Å². The first-order valence-electron chi connectivity index (χ1n) is 9.47. The van der Waals surface area contributed by atoms with Gasteiger partial charge in [0.25, 0.3) is 5.91 Å². The Morgan fingerprint density at radius 3 is 2.44 bits per heavy atom. The second-order valence-electron chi connectivity index (χ2n) is 6.56. The van der Waals surface area contributed by atoms with E-state index >= 15 is 0 Å². The van der Waals surface area contributed by atoms with Crippen LogP contribution in [-0.4, -0.2) is 37.6 Å². The van der Waals surface area contributed by atoms with Crippen LogP contribution in [0.1, 0.15) is 61.7 Å². The molecule has 25 heavy (non-hydrogen) atoms. The van der Waals surface area contributed by atoms with E-state index in [-0.39, 0.29) is 11.8 Å². The van der Waals surface area contributed by atoms with E-state index in [2.05, 4.69) is 10.6 Å². The summed E-state index contributed by atoms with van der Waals surface area (Å²) in [4.78, 5) is 23.6. The molecule has 0 spiro atoms. The molecule has 1 fully saturated rings. The van der Waals surface area contributed by atoms with Crippen LogP contribution in [0.15, 0.2) is 30.3 Å². The molecule has 0 unspecified atom stereocenters. The van der Waals surface area contributed by atoms with E-state index in [9.17, 15) is 9.59 Å². The number of nitrogens with one attached hydrogen (secondary N) is 2. The molecule has 1 saturated carbocycles. The molecule has 0 saturated heterocycles. The Morgan fingerprint density at radius 1 is 0.960 bits per heavy atom. The number of carbonyl (C=O) groups excluding carboxylic acids is 2. The number of ether oxygens (including phenoxy) is 1. The first-order chi connectivity index (χ1) is 12.3. The Bertz CT molecular complexity index is 513. The second kappa shape index (κ2) is 11.6. The lowest BCUT2D eigenvalue weighted by molar-refractivity contribution is -0.121. The van der Waals surface area contributed by atoms with Crippen LogP contribution >= 0.6 is 0 Å². The summed E-state index contributed by atoms with van der Waals surface area (Å²) in [7, 11) is 0. The Morgan fingerprint density at radius 2 is 1.68 bits per heavy atom. The molecular formula is C20H30N2O3. The maximum Gasteiger partial charge on any atom is 0.251 e. The Labute approximate surface area is 150 Å². The third-order valence-corrected chi connectivity index (χ3v) is 4.45. The zero-order chi connectivity index (χ0) is 17.7. The number of hydrogen-bond donors (Lipinski definition) is 2. The highest BCUT2D eigenvalue weighted by Gasteiger charge is 2.13. The van der Waals surface area contributed by atoms with Gasteiger partial charge in [-0.25, -0.2) is 0 Å². The highest BCUT2D eigenvalue weighted by atomic mass is 16.5. The van der Waals surface area contributed by atoms with Gasteiger partial charge >= 0.3 is 0 Å². The van der Waals surface area contributed by atoms with Gasteiger partial charge in [-0.05, 0) is 37.8 Å². The summed E-state index contributed by atoms with van der Waals surface area (Å²) in [5.74, 6) is -0.0625. The minimum Gasteiger partial charge on any atom is -0.378 e. The van der Waals surface area contributed by atoms with Crippen molar-refractivity contribution in [3.63, 3.8) is 0 Å². The molecule has 1 aromatic rings. The molecule has 5 nitrogen and oxygen atoms in total. The highest BCUT2D eigenvalue weighted by molar-refractivity contribution is 5.94. The van der Waals surface area contributed by atoms with E-state index in [0.29, 0.717) is 37.6 Å². The lowest BCUT2D eigenvalue weighted by atomic mass is 9.98. The smallest absolute Gasteiger partial charge is 0.251 e. The molecule has 0 bridgehead atoms. The van der Waals surface area contributed by atoms with E-state index in [1.165, 1.54) is 32.1 Å². The molecule has 0 atom stereocenters. The van der Waals surface area contributed by atoms with Crippen LogP contribution in [0.4, 0.5) is 0 Å². The molecule has 0 aliphatic heterocycles. The van der Waals surface area contributed by atoms with E-state index in [1.54, 1.807) is 12.1 Å². The summed E-state index contributed by atoms with van der Waals surface area (Å²) >= 11 is 0. The minimum atomic E-state index is -0.0964. The number of rotatable bonds is 10. The molecule has 138 valence electrons. The minimum absolute atomic E-state index is 0.0339. The first kappa shape index (κ1) is 19.4. The van der Waals surface area contributed by atoms with E-state index in [4.69, 9.17) is 4.74 Å². The molecule has 2 rings (SSSR count). The van der Waals surface area contributed by atoms with Gasteiger partial charge in [-0.3, -0.25) is 9.59 Å². The standard InChI is InChI=1S/C20H30N2O3/c23-19(21-15-8-16-25-18-11-5-2-6-12-18)13-7-14-22-20(24)17-9-3-1-4-10-17/h1,3-4,9-10,18H,2,5-8,11-16H2,(H,21,23)(H,22,24). The summed E-state index contributed by atoms with van der Waals surface area (Å²) in [6, 6.07) is 9.09. The van der Waals surface area contributed by atoms with Crippen molar-refractivity contribution in [2.45, 2.75) is 57.5 Å². The molecule has 5 heteroatoms. The third-order valence-electron chi connectivity index (χ3n) is 4.45. The third kappa shape index (κ3) is 8.16. The van der Waals surface area contributed by atoms with Gasteiger partial charge in [-0.15, -0.1) is 0 Å². The molecule has 1 aliphatic rings. The van der Waals surface area contributed by atoms with Gasteiger partial charge in [-0.1, -0.05) is 37.5 Å². The SMILES string of the molecule is O=C(CCCNC(=O)c1ccccc1)NCCCOC1CCCCC1. The number of carbonyl (C=O) groups is 2. The monoisotopic (exact) mass is 346 g/mol. The lowest BCUT2D eigenvalue weighted by Gasteiger charge is -2.21. The van der Waals surface area contributed by atoms with E-state index < -0.39 is 0 Å². The Hall–Kier alpha value is -1.88. The summed E-state index contributed by atoms with van der Waals surface area (Å²) in [6.45, 7) is 1.88. The Kier molecular flexibility index (Phi) is 9.05. The van der Waals surface area contributed by atoms with Crippen LogP contribution in [0.5, 0.6) is 0 Å². The first-order valence-corrected chi connectivity index (χ1v) is 9.47. The maximum absolute atomic E-state index is 11.8. The Balaban J connectivity index is 1.44. The fraction of sp³-hybridized carbons (Fsp3) is 0.600. The molecule has 0 aromatic heterocycles. The van der Waals surface area contributed by atoms with Gasteiger partial charge in [0.15, 0.2) is 0 Å². The maximum atomic E-state index is 11.8. The van der Waals surface area contributed by atoms with Gasteiger partial charge in [0.1, 0.15) is 0 Å². The van der Waals surface area contributed by atoms with Crippen LogP contribution in [0.3, 0.4) is 0 Å². The van der Waals surface area contributed by atoms with Crippen molar-refractivity contribution in [2.24, 2.45) is 0 Å². The van der Waals surface area contributed by atoms with Crippen molar-refractivity contribution >= 4 is 11.8 Å². The number of hydrogen-bond acceptors (Lipinski definition) is 3. The topological polar surface area (TPSA) is 67.4 Å². The fourth-order valence-corrected chi connectivity index (χ4v) is 3.01. The average Bonchev–Trinajstić information content (AvgIpc) is 2.66. The normalized spacial score (nSPS) is 14.9. The van der Waals surface area contributed by atoms with Crippen LogP contribution in [0, 0.1) is 0 Å². The molecule has 1 aromatic carbocycles. The summed E-state index contributed by atoms with van der Waals surface area (Å²) in [5.41, 5.74) is 0.643. The largest absolute Gasteiger partial charge is 0.378 e. The summed E-state index contributed by atoms with van der Waals surface area (Å²) in [5, 5.41) is 5.74. The zero-order valence-electron chi connectivity index (χ0n) is 15.0. The van der Waals surface area contributed by atoms with Crippen molar-refractivity contribution in [2.75, 3.05) is 19.7 Å². The van der Waals surface area contributed by atoms with Crippen LogP contribution < -0.4 is 10.6 Å². The predicted octanol–water partition coefficient (Wildman–Crippen LogP) is 3.05. The van der Waals surface area contributed by atoms with Gasteiger partial charge in [-0.2, -0.15) is 0 Å². The average molecular weight is 346 g/mol. The quantitative estimate of drug-likeness (QED) is 0.640. The molecule has 1 aliphatic carbocycles. The molecule has 0 heterocycles. The summed E-state index contributed by atoms with van der Waals surface area (Å²) < 4.78 is 5.83. The molecule has 2 amide bonds. The molecular weight excluding hydrogens is 316 g/mol. The zero-order valence-corrected chi connectivity index (χ0v) is 15.0. The lowest BCUT2D eigenvalue weighted by Crippen LogP contribution is -2.28. The van der Waals surface area contributed by atoms with Gasteiger partial charge < -0.3 is 15.4 Å². The number of benzene rings is 1. The fourth-order valence-electron chi connectivity index (χ4n) is 3.01. The van der Waals surface area contributed by atoms with Gasteiger partial charge in [0.2, 0.25) is 5.91 Å². The molecule has 2 N–H and O–H groups in total. The van der Waals surface area contributed by atoms with Crippen molar-refractivity contribution in [1.82, 2.24) is 10.6 Å².